The van der Waals surface area contributed by atoms with Crippen LogP contribution in [0.25, 0.3) is 0 Å². The molecule has 1 fully saturated rings. The molecule has 1 aromatic rings. The molecule has 1 heterocycles. The first-order valence-electron chi connectivity index (χ1n) is 11.1. The second-order valence-corrected chi connectivity index (χ2v) is 10.7. The third-order valence-electron chi connectivity index (χ3n) is 5.50. The molecule has 31 heavy (non-hydrogen) atoms. The molecule has 0 aliphatic carbocycles. The molecule has 0 radical (unpaired) electrons. The second kappa shape index (κ2) is 13.3. The predicted octanol–water partition coefficient (Wildman–Crippen LogP) is 3.17. The van der Waals surface area contributed by atoms with E-state index in [-0.39, 0.29) is 17.6 Å². The Kier molecular flexibility index (Phi) is 11.1. The smallest absolute Gasteiger partial charge is 0.322 e. The molecule has 176 valence electrons. The van der Waals surface area contributed by atoms with E-state index in [0.29, 0.717) is 24.7 Å². The molecule has 7 nitrogen and oxygen atoms in total. The lowest BCUT2D eigenvalue weighted by atomic mass is 9.92. The number of nitrogens with one attached hydrogen (secondary N) is 2. The van der Waals surface area contributed by atoms with Crippen LogP contribution in [0.3, 0.4) is 0 Å². The number of piperidine rings is 1. The van der Waals surface area contributed by atoms with Crippen LogP contribution in [0.2, 0.25) is 0 Å². The van der Waals surface area contributed by atoms with E-state index in [4.69, 9.17) is 16.3 Å². The fraction of sp³-hybridized carbons (Fsp3) is 0.682. The molecule has 0 saturated carbocycles. The van der Waals surface area contributed by atoms with Crippen molar-refractivity contribution in [2.45, 2.75) is 63.3 Å². The molecule has 2 rings (SSSR count). The number of sulfonamides is 1. The average molecular weight is 475 g/mol. The van der Waals surface area contributed by atoms with Crippen LogP contribution in [0, 0.1) is 5.92 Å². The third-order valence-corrected chi connectivity index (χ3v) is 7.36. The van der Waals surface area contributed by atoms with Gasteiger partial charge in [0.05, 0.1) is 12.4 Å². The van der Waals surface area contributed by atoms with Crippen LogP contribution in [0.5, 0.6) is 5.75 Å². The zero-order valence-electron chi connectivity index (χ0n) is 18.2. The normalized spacial score (nSPS) is 17.2. The van der Waals surface area contributed by atoms with E-state index in [0.717, 1.165) is 37.9 Å². The Hall–Kier alpha value is -1.35. The number of carbonyl (C=O) groups is 1. The maximum absolute atomic E-state index is 12.0. The SMILES string of the molecule is CCCCS(=O)(=O)NC(Cc1ccc(OCCC(Cl)CC2CCNCC2)cc1)C(=O)O. The van der Waals surface area contributed by atoms with Crippen LogP contribution in [-0.2, 0) is 21.2 Å². The monoisotopic (exact) mass is 474 g/mol. The Morgan fingerprint density at radius 2 is 1.97 bits per heavy atom. The maximum atomic E-state index is 12.0. The highest BCUT2D eigenvalue weighted by Crippen LogP contribution is 2.23. The first-order chi connectivity index (χ1) is 14.8. The molecule has 9 heteroatoms. The lowest BCUT2D eigenvalue weighted by Crippen LogP contribution is -2.43. The van der Waals surface area contributed by atoms with E-state index in [1.165, 1.54) is 12.8 Å². The van der Waals surface area contributed by atoms with Gasteiger partial charge in [-0.2, -0.15) is 0 Å². The molecule has 0 aromatic heterocycles. The minimum absolute atomic E-state index is 0.0702. The number of halogens is 1. The second-order valence-electron chi connectivity index (χ2n) is 8.19. The summed E-state index contributed by atoms with van der Waals surface area (Å²) in [7, 11) is -3.62. The Labute approximate surface area is 190 Å². The van der Waals surface area contributed by atoms with E-state index in [2.05, 4.69) is 10.0 Å². The van der Waals surface area contributed by atoms with Gasteiger partial charge in [0.25, 0.3) is 0 Å². The van der Waals surface area contributed by atoms with Gasteiger partial charge in [-0.1, -0.05) is 25.5 Å². The van der Waals surface area contributed by atoms with E-state index in [9.17, 15) is 18.3 Å². The molecule has 1 aromatic carbocycles. The Balaban J connectivity index is 1.78. The summed E-state index contributed by atoms with van der Waals surface area (Å²) in [5.41, 5.74) is 0.721. The summed E-state index contributed by atoms with van der Waals surface area (Å²) in [4.78, 5) is 11.5. The number of carboxylic acid groups (broad SMARTS) is 1. The summed E-state index contributed by atoms with van der Waals surface area (Å²) in [6.45, 7) is 4.54. The highest BCUT2D eigenvalue weighted by molar-refractivity contribution is 7.89. The van der Waals surface area contributed by atoms with Gasteiger partial charge in [0.15, 0.2) is 0 Å². The van der Waals surface area contributed by atoms with Crippen LogP contribution >= 0.6 is 11.6 Å². The minimum atomic E-state index is -3.62. The first kappa shape index (κ1) is 25.9. The molecule has 0 amide bonds. The van der Waals surface area contributed by atoms with Crippen molar-refractivity contribution in [1.82, 2.24) is 10.0 Å². The van der Waals surface area contributed by atoms with Crippen LogP contribution < -0.4 is 14.8 Å². The van der Waals surface area contributed by atoms with Crippen LogP contribution in [0.15, 0.2) is 24.3 Å². The molecular formula is C22H35ClN2O5S. The van der Waals surface area contributed by atoms with Gasteiger partial charge in [0.2, 0.25) is 10.0 Å². The molecule has 1 saturated heterocycles. The van der Waals surface area contributed by atoms with Crippen molar-refractivity contribution in [2.24, 2.45) is 5.92 Å². The Bertz CT molecular complexity index is 767. The summed E-state index contributed by atoms with van der Waals surface area (Å²) >= 11 is 6.46. The Morgan fingerprint density at radius 1 is 1.29 bits per heavy atom. The van der Waals surface area contributed by atoms with Crippen molar-refractivity contribution in [3.8, 4) is 5.75 Å². The van der Waals surface area contributed by atoms with Crippen LogP contribution in [-0.4, -0.2) is 56.4 Å². The molecule has 0 bridgehead atoms. The third kappa shape index (κ3) is 10.2. The van der Waals surface area contributed by atoms with Gasteiger partial charge in [-0.3, -0.25) is 4.79 Å². The lowest BCUT2D eigenvalue weighted by Gasteiger charge is -2.24. The number of alkyl halides is 1. The van der Waals surface area contributed by atoms with Crippen LogP contribution in [0.1, 0.15) is 51.0 Å². The van der Waals surface area contributed by atoms with Gasteiger partial charge in [-0.25, -0.2) is 13.1 Å². The van der Waals surface area contributed by atoms with Gasteiger partial charge in [0.1, 0.15) is 11.8 Å². The average Bonchev–Trinajstić information content (AvgIpc) is 2.73. The standard InChI is InChI=1S/C22H35ClN2O5S/c1-2-3-14-31(28,29)25-21(22(26)27)16-17-4-6-20(7-5-17)30-13-10-19(23)15-18-8-11-24-12-9-18/h4-7,18-19,21,24-25H,2-3,8-16H2,1H3,(H,26,27). The number of hydrogen-bond acceptors (Lipinski definition) is 5. The molecular weight excluding hydrogens is 440 g/mol. The number of rotatable bonds is 14. The van der Waals surface area contributed by atoms with Crippen molar-refractivity contribution < 1.29 is 23.1 Å². The number of unbranched alkanes of at least 4 members (excludes halogenated alkanes) is 1. The summed E-state index contributed by atoms with van der Waals surface area (Å²) in [5, 5.41) is 12.9. The fourth-order valence-corrected chi connectivity index (χ4v) is 5.39. The summed E-state index contributed by atoms with van der Waals surface area (Å²) in [6.07, 6.45) is 5.43. The van der Waals surface area contributed by atoms with Crippen molar-refractivity contribution >= 4 is 27.6 Å². The maximum Gasteiger partial charge on any atom is 0.322 e. The van der Waals surface area contributed by atoms with Crippen molar-refractivity contribution in [1.29, 1.82) is 0 Å². The lowest BCUT2D eigenvalue weighted by molar-refractivity contribution is -0.138. The fourth-order valence-electron chi connectivity index (χ4n) is 3.65. The largest absolute Gasteiger partial charge is 0.494 e. The van der Waals surface area contributed by atoms with Gasteiger partial charge < -0.3 is 15.2 Å². The summed E-state index contributed by atoms with van der Waals surface area (Å²) < 4.78 is 32.1. The first-order valence-corrected chi connectivity index (χ1v) is 13.2. The highest BCUT2D eigenvalue weighted by atomic mass is 35.5. The van der Waals surface area contributed by atoms with Crippen molar-refractivity contribution in [2.75, 3.05) is 25.4 Å². The van der Waals surface area contributed by atoms with Gasteiger partial charge in [-0.15, -0.1) is 11.6 Å². The summed E-state index contributed by atoms with van der Waals surface area (Å²) in [6, 6.07) is 5.88. The van der Waals surface area contributed by atoms with Crippen molar-refractivity contribution in [3.63, 3.8) is 0 Å². The van der Waals surface area contributed by atoms with Gasteiger partial charge in [-0.05, 0) is 75.2 Å². The van der Waals surface area contributed by atoms with E-state index in [1.807, 2.05) is 6.92 Å². The quantitative estimate of drug-likeness (QED) is 0.358. The van der Waals surface area contributed by atoms with E-state index in [1.54, 1.807) is 24.3 Å². The number of hydrogen-bond donors (Lipinski definition) is 3. The zero-order chi connectivity index (χ0) is 22.7. The number of benzene rings is 1. The highest BCUT2D eigenvalue weighted by Gasteiger charge is 2.24. The topological polar surface area (TPSA) is 105 Å². The van der Waals surface area contributed by atoms with E-state index >= 15 is 0 Å². The molecule has 1 aliphatic heterocycles. The Morgan fingerprint density at radius 3 is 2.58 bits per heavy atom. The zero-order valence-corrected chi connectivity index (χ0v) is 19.8. The van der Waals surface area contributed by atoms with E-state index < -0.39 is 22.0 Å². The molecule has 0 spiro atoms. The molecule has 2 atom stereocenters. The minimum Gasteiger partial charge on any atom is -0.494 e. The number of carboxylic acids is 1. The summed E-state index contributed by atoms with van der Waals surface area (Å²) in [5.74, 6) is 0.107. The van der Waals surface area contributed by atoms with Gasteiger partial charge in [0, 0.05) is 5.38 Å². The molecule has 1 aliphatic rings. The van der Waals surface area contributed by atoms with Crippen LogP contribution in [0.4, 0.5) is 0 Å². The van der Waals surface area contributed by atoms with Gasteiger partial charge >= 0.3 is 5.97 Å². The van der Waals surface area contributed by atoms with Crippen molar-refractivity contribution in [3.05, 3.63) is 29.8 Å². The number of ether oxygens (including phenoxy) is 1. The molecule has 3 N–H and O–H groups in total. The predicted molar refractivity (Wildman–Crippen MR) is 123 cm³/mol. The molecule has 2 unspecified atom stereocenters. The number of aliphatic carboxylic acids is 1.